The van der Waals surface area contributed by atoms with Gasteiger partial charge in [0.15, 0.2) is 0 Å². The molecule has 3 aromatic rings. The number of nitrogens with one attached hydrogen (secondary N) is 1. The van der Waals surface area contributed by atoms with E-state index in [9.17, 15) is 4.79 Å². The molecule has 1 aliphatic rings. The maximum absolute atomic E-state index is 11.7. The maximum Gasteiger partial charge on any atom is 0.217 e. The predicted octanol–water partition coefficient (Wildman–Crippen LogP) is 4.23. The number of likely N-dealkylation sites (tertiary alicyclic amines) is 1. The molecule has 0 unspecified atom stereocenters. The molecule has 146 valence electrons. The van der Waals surface area contributed by atoms with E-state index in [1.807, 2.05) is 30.3 Å². The van der Waals surface area contributed by atoms with Gasteiger partial charge in [0.25, 0.3) is 0 Å². The van der Waals surface area contributed by atoms with Crippen molar-refractivity contribution in [2.24, 2.45) is 5.92 Å². The third kappa shape index (κ3) is 3.94. The van der Waals surface area contributed by atoms with Crippen LogP contribution in [0.4, 0.5) is 0 Å². The highest BCUT2D eigenvalue weighted by Gasteiger charge is 2.29. The fourth-order valence-corrected chi connectivity index (χ4v) is 4.24. The van der Waals surface area contributed by atoms with E-state index < -0.39 is 0 Å². The number of amides is 1. The van der Waals surface area contributed by atoms with Gasteiger partial charge in [-0.05, 0) is 62.5 Å². The maximum atomic E-state index is 11.7. The van der Waals surface area contributed by atoms with Crippen LogP contribution in [-0.4, -0.2) is 28.9 Å². The Balaban J connectivity index is 1.43. The first-order chi connectivity index (χ1) is 13.6. The molecule has 1 aromatic carbocycles. The van der Waals surface area contributed by atoms with Crippen molar-refractivity contribution in [2.75, 3.05) is 13.1 Å². The summed E-state index contributed by atoms with van der Waals surface area (Å²) >= 11 is 0. The van der Waals surface area contributed by atoms with Crippen LogP contribution in [0, 0.1) is 12.8 Å². The van der Waals surface area contributed by atoms with Gasteiger partial charge in [0, 0.05) is 18.5 Å². The molecule has 1 N–H and O–H groups in total. The molecule has 1 fully saturated rings. The van der Waals surface area contributed by atoms with Gasteiger partial charge in [-0.25, -0.2) is 0 Å². The molecule has 0 saturated carbocycles. The van der Waals surface area contributed by atoms with Crippen molar-refractivity contribution in [2.45, 2.75) is 39.3 Å². The topological polar surface area (TPSA) is 58.4 Å². The van der Waals surface area contributed by atoms with Crippen molar-refractivity contribution >= 4 is 16.9 Å². The van der Waals surface area contributed by atoms with Crippen molar-refractivity contribution in [3.8, 4) is 0 Å². The molecule has 1 saturated heterocycles. The van der Waals surface area contributed by atoms with Gasteiger partial charge in [0.1, 0.15) is 11.3 Å². The summed E-state index contributed by atoms with van der Waals surface area (Å²) in [5.41, 5.74) is 3.15. The molecule has 4 rings (SSSR count). The number of furan rings is 1. The average molecular weight is 377 g/mol. The smallest absolute Gasteiger partial charge is 0.217 e. The van der Waals surface area contributed by atoms with Crippen molar-refractivity contribution in [1.82, 2.24) is 15.2 Å². The number of benzene rings is 1. The SMILES string of the molecule is CC(=O)N[C@@H](c1ccccn1)C1CCN(Cc2oc3ccccc3c2C)CC1. The molecule has 1 atom stereocenters. The number of fused-ring (bicyclic) bond motifs is 1. The summed E-state index contributed by atoms with van der Waals surface area (Å²) in [7, 11) is 0. The summed E-state index contributed by atoms with van der Waals surface area (Å²) in [4.78, 5) is 18.7. The molecule has 2 aromatic heterocycles. The summed E-state index contributed by atoms with van der Waals surface area (Å²) in [6, 6.07) is 14.1. The Morgan fingerprint density at radius 2 is 1.96 bits per heavy atom. The van der Waals surface area contributed by atoms with Crippen LogP contribution in [0.3, 0.4) is 0 Å². The second kappa shape index (κ2) is 8.15. The number of carbonyl (C=O) groups is 1. The van der Waals surface area contributed by atoms with Crippen molar-refractivity contribution in [3.05, 3.63) is 65.7 Å². The van der Waals surface area contributed by atoms with Crippen LogP contribution in [0.1, 0.15) is 42.8 Å². The molecule has 1 aliphatic heterocycles. The first kappa shape index (κ1) is 18.7. The minimum atomic E-state index is -0.0196. The van der Waals surface area contributed by atoms with Crippen LogP contribution in [0.15, 0.2) is 53.1 Å². The zero-order valence-electron chi connectivity index (χ0n) is 16.5. The van der Waals surface area contributed by atoms with Crippen LogP contribution in [0.2, 0.25) is 0 Å². The molecule has 0 bridgehead atoms. The summed E-state index contributed by atoms with van der Waals surface area (Å²) in [6.07, 6.45) is 3.85. The molecule has 5 heteroatoms. The Hall–Kier alpha value is -2.66. The third-order valence-electron chi connectivity index (χ3n) is 5.78. The Labute approximate surface area is 165 Å². The Bertz CT molecular complexity index is 943. The van der Waals surface area contributed by atoms with Crippen molar-refractivity contribution in [3.63, 3.8) is 0 Å². The number of pyridine rings is 1. The Morgan fingerprint density at radius 3 is 2.64 bits per heavy atom. The van der Waals surface area contributed by atoms with Crippen molar-refractivity contribution < 1.29 is 9.21 Å². The second-order valence-corrected chi connectivity index (χ2v) is 7.69. The minimum absolute atomic E-state index is 0.00372. The number of rotatable bonds is 5. The standard InChI is InChI=1S/C23H27N3O2/c1-16-19-7-3-4-9-21(19)28-22(16)15-26-13-10-18(11-14-26)23(25-17(2)27)20-8-5-6-12-24-20/h3-9,12,18,23H,10-11,13-15H2,1-2H3,(H,25,27)/t23-/m1/s1. The lowest BCUT2D eigenvalue weighted by molar-refractivity contribution is -0.120. The van der Waals surface area contributed by atoms with Gasteiger partial charge >= 0.3 is 0 Å². The first-order valence-corrected chi connectivity index (χ1v) is 9.99. The average Bonchev–Trinajstić information content (AvgIpc) is 3.03. The number of hydrogen-bond acceptors (Lipinski definition) is 4. The van der Waals surface area contributed by atoms with E-state index in [0.717, 1.165) is 49.5 Å². The summed E-state index contributed by atoms with van der Waals surface area (Å²) < 4.78 is 6.09. The molecule has 1 amide bonds. The van der Waals surface area contributed by atoms with Gasteiger partial charge < -0.3 is 9.73 Å². The van der Waals surface area contributed by atoms with Gasteiger partial charge in [0.05, 0.1) is 18.3 Å². The van der Waals surface area contributed by atoms with E-state index in [-0.39, 0.29) is 11.9 Å². The fraction of sp³-hybridized carbons (Fsp3) is 0.391. The highest BCUT2D eigenvalue weighted by molar-refractivity contribution is 5.81. The summed E-state index contributed by atoms with van der Waals surface area (Å²) in [6.45, 7) is 6.53. The molecule has 0 spiro atoms. The van der Waals surface area contributed by atoms with E-state index in [0.29, 0.717) is 5.92 Å². The van der Waals surface area contributed by atoms with Gasteiger partial charge in [-0.3, -0.25) is 14.7 Å². The van der Waals surface area contributed by atoms with Gasteiger partial charge in [-0.2, -0.15) is 0 Å². The summed E-state index contributed by atoms with van der Waals surface area (Å²) in [5.74, 6) is 1.45. The number of aryl methyl sites for hydroxylation is 1. The molecular weight excluding hydrogens is 350 g/mol. The number of carbonyl (C=O) groups excluding carboxylic acids is 1. The fourth-order valence-electron chi connectivity index (χ4n) is 4.24. The van der Waals surface area contributed by atoms with E-state index in [1.54, 1.807) is 13.1 Å². The van der Waals surface area contributed by atoms with E-state index in [2.05, 4.69) is 34.3 Å². The van der Waals surface area contributed by atoms with Gasteiger partial charge in [-0.15, -0.1) is 0 Å². The number of para-hydroxylation sites is 1. The number of piperidine rings is 1. The lowest BCUT2D eigenvalue weighted by atomic mass is 9.87. The lowest BCUT2D eigenvalue weighted by Gasteiger charge is -2.35. The first-order valence-electron chi connectivity index (χ1n) is 9.99. The van der Waals surface area contributed by atoms with Crippen LogP contribution < -0.4 is 5.32 Å². The van der Waals surface area contributed by atoms with Crippen LogP contribution in [0.5, 0.6) is 0 Å². The van der Waals surface area contributed by atoms with E-state index in [1.165, 1.54) is 10.9 Å². The third-order valence-corrected chi connectivity index (χ3v) is 5.78. The molecule has 28 heavy (non-hydrogen) atoms. The van der Waals surface area contributed by atoms with Crippen molar-refractivity contribution in [1.29, 1.82) is 0 Å². The van der Waals surface area contributed by atoms with Gasteiger partial charge in [0.2, 0.25) is 5.91 Å². The molecule has 3 heterocycles. The number of aromatic nitrogens is 1. The monoisotopic (exact) mass is 377 g/mol. The molecular formula is C23H27N3O2. The molecule has 0 aliphatic carbocycles. The van der Waals surface area contributed by atoms with Crippen LogP contribution in [-0.2, 0) is 11.3 Å². The predicted molar refractivity (Wildman–Crippen MR) is 110 cm³/mol. The largest absolute Gasteiger partial charge is 0.459 e. The second-order valence-electron chi connectivity index (χ2n) is 7.69. The zero-order valence-corrected chi connectivity index (χ0v) is 16.5. The highest BCUT2D eigenvalue weighted by Crippen LogP contribution is 2.32. The number of nitrogens with zero attached hydrogens (tertiary/aromatic N) is 2. The lowest BCUT2D eigenvalue weighted by Crippen LogP contribution is -2.40. The van der Waals surface area contributed by atoms with Crippen LogP contribution >= 0.6 is 0 Å². The Kier molecular flexibility index (Phi) is 5.44. The van der Waals surface area contributed by atoms with Gasteiger partial charge in [-0.1, -0.05) is 24.3 Å². The number of hydrogen-bond donors (Lipinski definition) is 1. The molecule has 5 nitrogen and oxygen atoms in total. The quantitative estimate of drug-likeness (QED) is 0.723. The molecule has 0 radical (unpaired) electrons. The zero-order chi connectivity index (χ0) is 19.5. The minimum Gasteiger partial charge on any atom is -0.459 e. The summed E-state index contributed by atoms with van der Waals surface area (Å²) in [5, 5.41) is 4.32. The van der Waals surface area contributed by atoms with E-state index in [4.69, 9.17) is 4.42 Å². The highest BCUT2D eigenvalue weighted by atomic mass is 16.3. The Morgan fingerprint density at radius 1 is 1.21 bits per heavy atom. The van der Waals surface area contributed by atoms with Crippen LogP contribution in [0.25, 0.3) is 11.0 Å². The van der Waals surface area contributed by atoms with E-state index >= 15 is 0 Å². The normalized spacial score (nSPS) is 16.9.